The molecule has 1 fully saturated rings. The highest BCUT2D eigenvalue weighted by Gasteiger charge is 2.31. The molecule has 0 amide bonds. The maximum absolute atomic E-state index is 12.8. The Labute approximate surface area is 125 Å². The van der Waals surface area contributed by atoms with Crippen LogP contribution < -0.4 is 5.73 Å². The van der Waals surface area contributed by atoms with Crippen LogP contribution in [0.2, 0.25) is 0 Å². The molecule has 8 heteroatoms. The predicted octanol–water partition coefficient (Wildman–Crippen LogP) is 0.695. The lowest BCUT2D eigenvalue weighted by atomic mass is 10.1. The number of aryl methyl sites for hydroxylation is 2. The van der Waals surface area contributed by atoms with E-state index in [1.807, 2.05) is 0 Å². The topological polar surface area (TPSA) is 97.5 Å². The molecular weight excluding hydrogens is 312 g/mol. The first-order valence-corrected chi connectivity index (χ1v) is 9.97. The van der Waals surface area contributed by atoms with Crippen molar-refractivity contribution < 1.29 is 16.8 Å². The Kier molecular flexibility index (Phi) is 4.32. The van der Waals surface area contributed by atoms with Gasteiger partial charge in [0.1, 0.15) is 4.90 Å². The van der Waals surface area contributed by atoms with Gasteiger partial charge in [-0.05, 0) is 31.4 Å². The summed E-state index contributed by atoms with van der Waals surface area (Å²) in [7, 11) is -6.94. The Morgan fingerprint density at radius 1 is 1.10 bits per heavy atom. The molecule has 1 saturated heterocycles. The minimum atomic E-state index is -3.78. The van der Waals surface area contributed by atoms with E-state index < -0.39 is 19.9 Å². The summed E-state index contributed by atoms with van der Waals surface area (Å²) in [5.74, 6) is -0.113. The van der Waals surface area contributed by atoms with Gasteiger partial charge < -0.3 is 5.73 Å². The summed E-state index contributed by atoms with van der Waals surface area (Å²) in [6.45, 7) is 3.63. The van der Waals surface area contributed by atoms with Gasteiger partial charge in [0.25, 0.3) is 0 Å². The van der Waals surface area contributed by atoms with Crippen molar-refractivity contribution in [3.63, 3.8) is 0 Å². The SMILES string of the molecule is Cc1ccc(C)c(S(=O)(=O)N2CCCS(=O)(=O)CC2)c1N. The lowest BCUT2D eigenvalue weighted by molar-refractivity contribution is 0.434. The molecule has 118 valence electrons. The van der Waals surface area contributed by atoms with Gasteiger partial charge in [0.2, 0.25) is 10.0 Å². The second kappa shape index (κ2) is 5.58. The normalized spacial score (nSPS) is 20.1. The van der Waals surface area contributed by atoms with Crippen molar-refractivity contribution in [1.82, 2.24) is 4.31 Å². The molecule has 1 aromatic carbocycles. The van der Waals surface area contributed by atoms with Gasteiger partial charge in [-0.2, -0.15) is 4.31 Å². The van der Waals surface area contributed by atoms with E-state index in [1.165, 1.54) is 4.31 Å². The van der Waals surface area contributed by atoms with Crippen LogP contribution in [0.15, 0.2) is 17.0 Å². The van der Waals surface area contributed by atoms with Crippen LogP contribution >= 0.6 is 0 Å². The lowest BCUT2D eigenvalue weighted by Crippen LogP contribution is -2.34. The highest BCUT2D eigenvalue weighted by atomic mass is 32.2. The molecule has 1 aliphatic heterocycles. The molecule has 0 radical (unpaired) electrons. The summed E-state index contributed by atoms with van der Waals surface area (Å²) in [4.78, 5) is 0.0989. The van der Waals surface area contributed by atoms with Crippen molar-refractivity contribution in [3.05, 3.63) is 23.3 Å². The zero-order chi connectivity index (χ0) is 15.8. The number of anilines is 1. The van der Waals surface area contributed by atoms with Gasteiger partial charge in [0.05, 0.1) is 17.2 Å². The maximum Gasteiger partial charge on any atom is 0.245 e. The summed E-state index contributed by atoms with van der Waals surface area (Å²) in [5.41, 5.74) is 7.45. The summed E-state index contributed by atoms with van der Waals surface area (Å²) >= 11 is 0. The smallest absolute Gasteiger partial charge is 0.245 e. The summed E-state index contributed by atoms with van der Waals surface area (Å²) in [6, 6.07) is 3.49. The number of nitrogens with two attached hydrogens (primary N) is 1. The first kappa shape index (κ1) is 16.3. The van der Waals surface area contributed by atoms with E-state index in [1.54, 1.807) is 26.0 Å². The van der Waals surface area contributed by atoms with E-state index in [4.69, 9.17) is 5.73 Å². The third kappa shape index (κ3) is 3.22. The van der Waals surface area contributed by atoms with E-state index in [0.717, 1.165) is 0 Å². The highest BCUT2D eigenvalue weighted by molar-refractivity contribution is 7.91. The van der Waals surface area contributed by atoms with Gasteiger partial charge in [-0.3, -0.25) is 0 Å². The second-order valence-electron chi connectivity index (χ2n) is 5.35. The quantitative estimate of drug-likeness (QED) is 0.804. The van der Waals surface area contributed by atoms with Gasteiger partial charge in [-0.15, -0.1) is 0 Å². The lowest BCUT2D eigenvalue weighted by Gasteiger charge is -2.22. The van der Waals surface area contributed by atoms with Crippen LogP contribution in [0.4, 0.5) is 5.69 Å². The van der Waals surface area contributed by atoms with Gasteiger partial charge in [-0.1, -0.05) is 12.1 Å². The number of hydrogen-bond donors (Lipinski definition) is 1. The maximum atomic E-state index is 12.8. The minimum absolute atomic E-state index is 0.0164. The zero-order valence-electron chi connectivity index (χ0n) is 12.2. The van der Waals surface area contributed by atoms with Gasteiger partial charge >= 0.3 is 0 Å². The molecule has 0 atom stereocenters. The Morgan fingerprint density at radius 2 is 1.71 bits per heavy atom. The van der Waals surface area contributed by atoms with Crippen LogP contribution in [0.25, 0.3) is 0 Å². The molecular formula is C13H20N2O4S2. The molecule has 21 heavy (non-hydrogen) atoms. The number of nitrogen functional groups attached to an aromatic ring is 1. The van der Waals surface area contributed by atoms with Crippen molar-refractivity contribution in [2.24, 2.45) is 0 Å². The van der Waals surface area contributed by atoms with Gasteiger partial charge in [-0.25, -0.2) is 16.8 Å². The van der Waals surface area contributed by atoms with Crippen LogP contribution in [0.3, 0.4) is 0 Å². The van der Waals surface area contributed by atoms with Crippen LogP contribution in [-0.4, -0.2) is 45.7 Å². The number of sulfonamides is 1. The number of benzene rings is 1. The monoisotopic (exact) mass is 332 g/mol. The molecule has 2 N–H and O–H groups in total. The van der Waals surface area contributed by atoms with Crippen molar-refractivity contribution in [3.8, 4) is 0 Å². The molecule has 0 unspecified atom stereocenters. The van der Waals surface area contributed by atoms with Crippen molar-refractivity contribution in [2.75, 3.05) is 30.3 Å². The molecule has 0 spiro atoms. The largest absolute Gasteiger partial charge is 0.397 e. The van der Waals surface area contributed by atoms with Crippen LogP contribution in [-0.2, 0) is 19.9 Å². The summed E-state index contributed by atoms with van der Waals surface area (Å²) in [5, 5.41) is 0. The number of sulfone groups is 1. The molecule has 1 aliphatic rings. The Morgan fingerprint density at radius 3 is 2.38 bits per heavy atom. The molecule has 0 aromatic heterocycles. The highest BCUT2D eigenvalue weighted by Crippen LogP contribution is 2.29. The first-order chi connectivity index (χ1) is 9.65. The van der Waals surface area contributed by atoms with Crippen LogP contribution in [0, 0.1) is 13.8 Å². The van der Waals surface area contributed by atoms with E-state index >= 15 is 0 Å². The number of nitrogens with zero attached hydrogens (tertiary/aromatic N) is 1. The molecule has 1 aromatic rings. The molecule has 2 rings (SSSR count). The molecule has 1 heterocycles. The van der Waals surface area contributed by atoms with E-state index in [-0.39, 0.29) is 35.2 Å². The van der Waals surface area contributed by atoms with Crippen molar-refractivity contribution >= 4 is 25.5 Å². The van der Waals surface area contributed by atoms with Gasteiger partial charge in [0, 0.05) is 13.1 Å². The molecule has 0 saturated carbocycles. The van der Waals surface area contributed by atoms with E-state index in [9.17, 15) is 16.8 Å². The molecule has 0 aliphatic carbocycles. The van der Waals surface area contributed by atoms with Crippen LogP contribution in [0.5, 0.6) is 0 Å². The second-order valence-corrected chi connectivity index (χ2v) is 9.53. The average Bonchev–Trinajstić information content (AvgIpc) is 2.55. The fraction of sp³-hybridized carbons (Fsp3) is 0.538. The van der Waals surface area contributed by atoms with E-state index in [0.29, 0.717) is 17.5 Å². The Balaban J connectivity index is 2.46. The van der Waals surface area contributed by atoms with Crippen molar-refractivity contribution in [2.45, 2.75) is 25.2 Å². The standard InChI is InChI=1S/C13H20N2O4S2/c1-10-4-5-11(2)13(12(10)14)21(18,19)15-6-3-8-20(16,17)9-7-15/h4-5H,3,6-9,14H2,1-2H3. The predicted molar refractivity (Wildman–Crippen MR) is 82.4 cm³/mol. The third-order valence-electron chi connectivity index (χ3n) is 3.72. The van der Waals surface area contributed by atoms with E-state index in [2.05, 4.69) is 0 Å². The number of hydrogen-bond acceptors (Lipinski definition) is 5. The fourth-order valence-corrected chi connectivity index (χ4v) is 5.69. The minimum Gasteiger partial charge on any atom is -0.397 e. The Hall–Kier alpha value is -1.12. The zero-order valence-corrected chi connectivity index (χ0v) is 13.8. The first-order valence-electron chi connectivity index (χ1n) is 6.71. The number of rotatable bonds is 2. The third-order valence-corrected chi connectivity index (χ3v) is 7.54. The Bertz CT molecular complexity index is 755. The summed E-state index contributed by atoms with van der Waals surface area (Å²) < 4.78 is 50.1. The molecule has 6 nitrogen and oxygen atoms in total. The average molecular weight is 332 g/mol. The molecule has 0 bridgehead atoms. The fourth-order valence-electron chi connectivity index (χ4n) is 2.43. The van der Waals surface area contributed by atoms with Crippen molar-refractivity contribution in [1.29, 1.82) is 0 Å². The van der Waals surface area contributed by atoms with Gasteiger partial charge in [0.15, 0.2) is 9.84 Å². The van der Waals surface area contributed by atoms with Crippen LogP contribution in [0.1, 0.15) is 17.5 Å². The summed E-state index contributed by atoms with van der Waals surface area (Å²) in [6.07, 6.45) is 0.312.